The fourth-order valence-corrected chi connectivity index (χ4v) is 4.25. The minimum atomic E-state index is -3.96. The molecule has 0 spiro atoms. The summed E-state index contributed by atoms with van der Waals surface area (Å²) in [5.41, 5.74) is 5.99. The second kappa shape index (κ2) is 5.07. The van der Waals surface area contributed by atoms with E-state index in [-0.39, 0.29) is 17.9 Å². The number of aryl methyl sites for hydroxylation is 1. The standard InChI is InChI=1S/C12H17FN2O3S/c1-8-5-9(14)6-11(12(8)13)19(17,18)15-4-2-3-10(15)7-16/h5-6,10,16H,2-4,7,14H2,1H3/t10-/m1/s1. The Labute approximate surface area is 111 Å². The van der Waals surface area contributed by atoms with Gasteiger partial charge in [-0.15, -0.1) is 0 Å². The summed E-state index contributed by atoms with van der Waals surface area (Å²) in [4.78, 5) is -0.412. The van der Waals surface area contributed by atoms with Gasteiger partial charge in [0.15, 0.2) is 0 Å². The van der Waals surface area contributed by atoms with E-state index in [2.05, 4.69) is 0 Å². The lowest BCUT2D eigenvalue weighted by atomic mass is 10.2. The molecule has 2 rings (SSSR count). The predicted molar refractivity (Wildman–Crippen MR) is 69.5 cm³/mol. The first-order valence-electron chi connectivity index (χ1n) is 6.06. The average molecular weight is 288 g/mol. The third-order valence-electron chi connectivity index (χ3n) is 3.36. The molecule has 1 fully saturated rings. The van der Waals surface area contributed by atoms with Crippen molar-refractivity contribution in [1.82, 2.24) is 4.31 Å². The van der Waals surface area contributed by atoms with E-state index in [0.717, 1.165) is 10.4 Å². The molecule has 1 heterocycles. The maximum absolute atomic E-state index is 14.0. The van der Waals surface area contributed by atoms with Crippen LogP contribution in [0.5, 0.6) is 0 Å². The van der Waals surface area contributed by atoms with Crippen molar-refractivity contribution in [3.63, 3.8) is 0 Å². The van der Waals surface area contributed by atoms with Crippen molar-refractivity contribution in [2.75, 3.05) is 18.9 Å². The number of nitrogens with zero attached hydrogens (tertiary/aromatic N) is 1. The van der Waals surface area contributed by atoms with Crippen LogP contribution in [0.1, 0.15) is 18.4 Å². The number of hydrogen-bond acceptors (Lipinski definition) is 4. The molecule has 1 atom stereocenters. The lowest BCUT2D eigenvalue weighted by Crippen LogP contribution is -2.38. The maximum Gasteiger partial charge on any atom is 0.246 e. The summed E-state index contributed by atoms with van der Waals surface area (Å²) in [7, 11) is -3.96. The smallest absolute Gasteiger partial charge is 0.246 e. The number of aliphatic hydroxyl groups excluding tert-OH is 1. The molecule has 0 amide bonds. The predicted octanol–water partition coefficient (Wildman–Crippen LogP) is 0.862. The van der Waals surface area contributed by atoms with E-state index in [1.54, 1.807) is 0 Å². The van der Waals surface area contributed by atoms with Crippen molar-refractivity contribution >= 4 is 15.7 Å². The van der Waals surface area contributed by atoms with Crippen molar-refractivity contribution in [3.05, 3.63) is 23.5 Å². The van der Waals surface area contributed by atoms with Crippen LogP contribution in [-0.4, -0.2) is 37.0 Å². The molecule has 1 aliphatic heterocycles. The third kappa shape index (κ3) is 2.45. The van der Waals surface area contributed by atoms with Gasteiger partial charge in [-0.3, -0.25) is 0 Å². The minimum Gasteiger partial charge on any atom is -0.399 e. The highest BCUT2D eigenvalue weighted by molar-refractivity contribution is 7.89. The zero-order chi connectivity index (χ0) is 14.2. The zero-order valence-corrected chi connectivity index (χ0v) is 11.5. The van der Waals surface area contributed by atoms with Crippen LogP contribution in [0.15, 0.2) is 17.0 Å². The van der Waals surface area contributed by atoms with Crippen LogP contribution in [-0.2, 0) is 10.0 Å². The summed E-state index contributed by atoms with van der Waals surface area (Å²) in [6.07, 6.45) is 1.24. The van der Waals surface area contributed by atoms with Crippen molar-refractivity contribution in [3.8, 4) is 0 Å². The van der Waals surface area contributed by atoms with Gasteiger partial charge in [0.05, 0.1) is 6.61 Å². The summed E-state index contributed by atoms with van der Waals surface area (Å²) in [6.45, 7) is 1.50. The molecule has 1 aliphatic rings. The number of halogens is 1. The Hall–Kier alpha value is -1.18. The normalized spacial score (nSPS) is 20.9. The molecule has 0 saturated carbocycles. The summed E-state index contributed by atoms with van der Waals surface area (Å²) in [5.74, 6) is -0.780. The largest absolute Gasteiger partial charge is 0.399 e. The Morgan fingerprint density at radius 1 is 1.53 bits per heavy atom. The van der Waals surface area contributed by atoms with Gasteiger partial charge in [0.2, 0.25) is 10.0 Å². The maximum atomic E-state index is 14.0. The van der Waals surface area contributed by atoms with Crippen LogP contribution in [0.4, 0.5) is 10.1 Å². The van der Waals surface area contributed by atoms with Gasteiger partial charge in [-0.1, -0.05) is 0 Å². The lowest BCUT2D eigenvalue weighted by Gasteiger charge is -2.23. The van der Waals surface area contributed by atoms with Crippen LogP contribution in [0.2, 0.25) is 0 Å². The number of hydrogen-bond donors (Lipinski definition) is 2. The molecule has 0 radical (unpaired) electrons. The highest BCUT2D eigenvalue weighted by Crippen LogP contribution is 2.29. The molecule has 19 heavy (non-hydrogen) atoms. The summed E-state index contributed by atoms with van der Waals surface area (Å²) >= 11 is 0. The molecule has 1 aromatic rings. The van der Waals surface area contributed by atoms with Gasteiger partial charge >= 0.3 is 0 Å². The molecular weight excluding hydrogens is 271 g/mol. The molecule has 5 nitrogen and oxygen atoms in total. The number of sulfonamides is 1. The van der Waals surface area contributed by atoms with Crippen LogP contribution in [0, 0.1) is 12.7 Å². The van der Waals surface area contributed by atoms with Gasteiger partial charge in [0.25, 0.3) is 0 Å². The van der Waals surface area contributed by atoms with E-state index in [1.165, 1.54) is 13.0 Å². The number of rotatable bonds is 3. The van der Waals surface area contributed by atoms with Crippen LogP contribution < -0.4 is 5.73 Å². The highest BCUT2D eigenvalue weighted by atomic mass is 32.2. The summed E-state index contributed by atoms with van der Waals surface area (Å²) < 4.78 is 40.1. The van der Waals surface area contributed by atoms with Gasteiger partial charge in [0.1, 0.15) is 10.7 Å². The quantitative estimate of drug-likeness (QED) is 0.808. The lowest BCUT2D eigenvalue weighted by molar-refractivity contribution is 0.213. The second-order valence-electron chi connectivity index (χ2n) is 4.74. The summed E-state index contributed by atoms with van der Waals surface area (Å²) in [6, 6.07) is 2.04. The van der Waals surface area contributed by atoms with E-state index >= 15 is 0 Å². The molecule has 106 valence electrons. The number of nitrogen functional groups attached to an aromatic ring is 1. The highest BCUT2D eigenvalue weighted by Gasteiger charge is 2.36. The number of aliphatic hydroxyl groups is 1. The molecular formula is C12H17FN2O3S. The van der Waals surface area contributed by atoms with Crippen LogP contribution in [0.25, 0.3) is 0 Å². The molecule has 0 bridgehead atoms. The van der Waals surface area contributed by atoms with Gasteiger partial charge in [-0.2, -0.15) is 4.31 Å². The van der Waals surface area contributed by atoms with E-state index in [0.29, 0.717) is 19.4 Å². The third-order valence-corrected chi connectivity index (χ3v) is 5.32. The van der Waals surface area contributed by atoms with Gasteiger partial charge in [0, 0.05) is 18.3 Å². The molecule has 3 N–H and O–H groups in total. The fourth-order valence-electron chi connectivity index (χ4n) is 2.39. The molecule has 0 aliphatic carbocycles. The van der Waals surface area contributed by atoms with Crippen molar-refractivity contribution in [1.29, 1.82) is 0 Å². The zero-order valence-electron chi connectivity index (χ0n) is 10.6. The van der Waals surface area contributed by atoms with Crippen LogP contribution in [0.3, 0.4) is 0 Å². The molecule has 1 saturated heterocycles. The summed E-state index contributed by atoms with van der Waals surface area (Å²) in [5, 5.41) is 9.20. The number of anilines is 1. The van der Waals surface area contributed by atoms with E-state index in [4.69, 9.17) is 5.73 Å². The molecule has 1 aromatic carbocycles. The first kappa shape index (κ1) is 14.2. The first-order chi connectivity index (χ1) is 8.87. The van der Waals surface area contributed by atoms with E-state index < -0.39 is 26.8 Å². The Morgan fingerprint density at radius 3 is 2.84 bits per heavy atom. The average Bonchev–Trinajstić information content (AvgIpc) is 2.82. The number of benzene rings is 1. The Morgan fingerprint density at radius 2 is 2.21 bits per heavy atom. The monoisotopic (exact) mass is 288 g/mol. The Balaban J connectivity index is 2.51. The van der Waals surface area contributed by atoms with Crippen molar-refractivity contribution in [2.45, 2.75) is 30.7 Å². The second-order valence-corrected chi connectivity index (χ2v) is 6.60. The van der Waals surface area contributed by atoms with Crippen molar-refractivity contribution < 1.29 is 17.9 Å². The van der Waals surface area contributed by atoms with Gasteiger partial charge in [-0.25, -0.2) is 12.8 Å². The molecule has 0 aromatic heterocycles. The van der Waals surface area contributed by atoms with E-state index in [1.807, 2.05) is 0 Å². The first-order valence-corrected chi connectivity index (χ1v) is 7.50. The topological polar surface area (TPSA) is 83.6 Å². The Kier molecular flexibility index (Phi) is 3.80. The Bertz CT molecular complexity index is 589. The van der Waals surface area contributed by atoms with Crippen molar-refractivity contribution in [2.24, 2.45) is 0 Å². The SMILES string of the molecule is Cc1cc(N)cc(S(=O)(=O)N2CCC[C@@H]2CO)c1F. The van der Waals surface area contributed by atoms with Gasteiger partial charge in [-0.05, 0) is 37.5 Å². The fraction of sp³-hybridized carbons (Fsp3) is 0.500. The molecule has 7 heteroatoms. The van der Waals surface area contributed by atoms with Gasteiger partial charge < -0.3 is 10.8 Å². The van der Waals surface area contributed by atoms with E-state index in [9.17, 15) is 17.9 Å². The van der Waals surface area contributed by atoms with Crippen LogP contribution >= 0.6 is 0 Å². The molecule has 0 unspecified atom stereocenters. The minimum absolute atomic E-state index is 0.193. The number of nitrogens with two attached hydrogens (primary N) is 1.